The lowest BCUT2D eigenvalue weighted by atomic mass is 9.74. The van der Waals surface area contributed by atoms with Gasteiger partial charge in [0.25, 0.3) is 0 Å². The summed E-state index contributed by atoms with van der Waals surface area (Å²) in [5.41, 5.74) is 2.97. The summed E-state index contributed by atoms with van der Waals surface area (Å²) >= 11 is 6.43. The van der Waals surface area contributed by atoms with Crippen LogP contribution in [-0.4, -0.2) is 10.4 Å². The van der Waals surface area contributed by atoms with Crippen LogP contribution in [0.1, 0.15) is 84.3 Å². The van der Waals surface area contributed by atoms with Crippen LogP contribution in [0.3, 0.4) is 0 Å². The van der Waals surface area contributed by atoms with Crippen LogP contribution >= 0.6 is 11.6 Å². The first-order chi connectivity index (χ1) is 9.81. The van der Waals surface area contributed by atoms with Gasteiger partial charge in [-0.25, -0.2) is 0 Å². The van der Waals surface area contributed by atoms with E-state index < -0.39 is 0 Å². The van der Waals surface area contributed by atoms with Crippen LogP contribution in [0.15, 0.2) is 18.5 Å². The summed E-state index contributed by atoms with van der Waals surface area (Å²) in [4.78, 5) is 4.40. The fraction of sp³-hybridized carbons (Fsp3) is 0.737. The zero-order valence-corrected chi connectivity index (χ0v) is 15.4. The molecule has 1 nitrogen and oxygen atoms in total. The molecule has 1 rings (SSSR count). The van der Waals surface area contributed by atoms with Crippen molar-refractivity contribution in [3.63, 3.8) is 0 Å². The summed E-state index contributed by atoms with van der Waals surface area (Å²) in [5.74, 6) is 1.31. The maximum atomic E-state index is 6.43. The van der Waals surface area contributed by atoms with Crippen molar-refractivity contribution in [1.82, 2.24) is 4.98 Å². The molecule has 0 fully saturated rings. The van der Waals surface area contributed by atoms with Crippen molar-refractivity contribution >= 4 is 11.6 Å². The largest absolute Gasteiger partial charge is 0.264 e. The summed E-state index contributed by atoms with van der Waals surface area (Å²) < 4.78 is 0. The topological polar surface area (TPSA) is 12.9 Å². The predicted molar refractivity (Wildman–Crippen MR) is 94.3 cm³/mol. The highest BCUT2D eigenvalue weighted by Gasteiger charge is 2.28. The van der Waals surface area contributed by atoms with Gasteiger partial charge in [0, 0.05) is 17.8 Å². The van der Waals surface area contributed by atoms with Gasteiger partial charge in [-0.1, -0.05) is 41.5 Å². The smallest absolute Gasteiger partial charge is 0.0341 e. The van der Waals surface area contributed by atoms with E-state index in [1.807, 2.05) is 6.20 Å². The van der Waals surface area contributed by atoms with E-state index >= 15 is 0 Å². The maximum absolute atomic E-state index is 6.43. The van der Waals surface area contributed by atoms with Crippen molar-refractivity contribution in [2.75, 3.05) is 0 Å². The molecule has 0 saturated heterocycles. The van der Waals surface area contributed by atoms with Gasteiger partial charge in [-0.15, -0.1) is 11.6 Å². The van der Waals surface area contributed by atoms with Gasteiger partial charge in [0.1, 0.15) is 0 Å². The average molecular weight is 310 g/mol. The molecule has 0 aliphatic carbocycles. The minimum Gasteiger partial charge on any atom is -0.264 e. The number of hydrogen-bond acceptors (Lipinski definition) is 1. The molecular weight excluding hydrogens is 278 g/mol. The van der Waals surface area contributed by atoms with E-state index in [2.05, 4.69) is 58.8 Å². The normalized spacial score (nSPS) is 15.2. The first kappa shape index (κ1) is 18.5. The lowest BCUT2D eigenvalue weighted by Crippen LogP contribution is -2.24. The minimum atomic E-state index is 0.102. The van der Waals surface area contributed by atoms with E-state index in [9.17, 15) is 0 Å². The van der Waals surface area contributed by atoms with E-state index in [1.54, 1.807) is 0 Å². The Morgan fingerprint density at radius 2 is 1.86 bits per heavy atom. The molecule has 1 aromatic rings. The molecule has 0 aromatic carbocycles. The number of pyridine rings is 1. The molecule has 0 bridgehead atoms. The first-order valence-corrected chi connectivity index (χ1v) is 8.83. The number of nitrogens with zero attached hydrogens (tertiary/aromatic N) is 1. The van der Waals surface area contributed by atoms with Crippen LogP contribution in [0, 0.1) is 5.92 Å². The fourth-order valence-corrected chi connectivity index (χ4v) is 3.62. The Kier molecular flexibility index (Phi) is 7.20. The fourth-order valence-electron chi connectivity index (χ4n) is 3.24. The van der Waals surface area contributed by atoms with E-state index in [4.69, 9.17) is 11.6 Å². The van der Waals surface area contributed by atoms with Crippen molar-refractivity contribution < 1.29 is 0 Å². The van der Waals surface area contributed by atoms with Gasteiger partial charge >= 0.3 is 0 Å². The minimum absolute atomic E-state index is 0.102. The zero-order valence-electron chi connectivity index (χ0n) is 14.6. The summed E-state index contributed by atoms with van der Waals surface area (Å²) in [6, 6.07) is 2.21. The lowest BCUT2D eigenvalue weighted by molar-refractivity contribution is 0.438. The molecule has 0 aliphatic rings. The van der Waals surface area contributed by atoms with E-state index in [-0.39, 0.29) is 10.8 Å². The molecule has 0 spiro atoms. The molecule has 21 heavy (non-hydrogen) atoms. The summed E-state index contributed by atoms with van der Waals surface area (Å²) in [7, 11) is 0. The Labute approximate surface area is 136 Å². The standard InChI is InChI=1S/C19H32ClN/c1-7-15(11-14(3)4)17-13-21-10-9-18(17)19(5,6)12-16(20)8-2/h9-10,13-16H,7-8,11-12H2,1-6H3. The SMILES string of the molecule is CCC(Cl)CC(C)(C)c1ccncc1C(CC)CC(C)C. The number of aromatic nitrogens is 1. The van der Waals surface area contributed by atoms with Crippen LogP contribution in [0.4, 0.5) is 0 Å². The third kappa shape index (κ3) is 5.29. The van der Waals surface area contributed by atoms with Gasteiger partial charge in [0.2, 0.25) is 0 Å². The summed E-state index contributed by atoms with van der Waals surface area (Å²) in [6.07, 6.45) is 8.45. The third-order valence-corrected chi connectivity index (χ3v) is 4.91. The van der Waals surface area contributed by atoms with Crippen molar-refractivity contribution in [1.29, 1.82) is 0 Å². The van der Waals surface area contributed by atoms with Gasteiger partial charge in [0.05, 0.1) is 0 Å². The quantitative estimate of drug-likeness (QED) is 0.513. The highest BCUT2D eigenvalue weighted by molar-refractivity contribution is 6.20. The molecule has 1 heterocycles. The average Bonchev–Trinajstić information content (AvgIpc) is 2.44. The molecule has 2 unspecified atom stereocenters. The van der Waals surface area contributed by atoms with Crippen molar-refractivity contribution in [3.8, 4) is 0 Å². The van der Waals surface area contributed by atoms with Crippen molar-refractivity contribution in [2.24, 2.45) is 5.92 Å². The zero-order chi connectivity index (χ0) is 16.0. The van der Waals surface area contributed by atoms with Crippen molar-refractivity contribution in [2.45, 2.75) is 83.9 Å². The van der Waals surface area contributed by atoms with E-state index in [0.717, 1.165) is 12.8 Å². The van der Waals surface area contributed by atoms with Gasteiger partial charge < -0.3 is 0 Å². The Morgan fingerprint density at radius 3 is 2.38 bits per heavy atom. The van der Waals surface area contributed by atoms with Crippen LogP contribution in [0.5, 0.6) is 0 Å². The maximum Gasteiger partial charge on any atom is 0.0341 e. The summed E-state index contributed by atoms with van der Waals surface area (Å²) in [6.45, 7) is 13.7. The molecule has 2 heteroatoms. The molecule has 0 N–H and O–H groups in total. The number of alkyl halides is 1. The Bertz CT molecular complexity index is 425. The van der Waals surface area contributed by atoms with Gasteiger partial charge in [-0.3, -0.25) is 4.98 Å². The van der Waals surface area contributed by atoms with E-state index in [1.165, 1.54) is 24.0 Å². The highest BCUT2D eigenvalue weighted by Crippen LogP contribution is 2.38. The monoisotopic (exact) mass is 309 g/mol. The molecule has 2 atom stereocenters. The van der Waals surface area contributed by atoms with Gasteiger partial charge in [-0.05, 0) is 60.1 Å². The second kappa shape index (κ2) is 8.17. The molecule has 0 aliphatic heterocycles. The van der Waals surface area contributed by atoms with Crippen LogP contribution < -0.4 is 0 Å². The summed E-state index contributed by atoms with van der Waals surface area (Å²) in [5, 5.41) is 0.242. The predicted octanol–water partition coefficient (Wildman–Crippen LogP) is 6.31. The van der Waals surface area contributed by atoms with Crippen LogP contribution in [0.25, 0.3) is 0 Å². The van der Waals surface area contributed by atoms with Crippen LogP contribution in [0.2, 0.25) is 0 Å². The molecule has 1 aromatic heterocycles. The Morgan fingerprint density at radius 1 is 1.19 bits per heavy atom. The number of halogens is 1. The lowest BCUT2D eigenvalue weighted by Gasteiger charge is -2.32. The van der Waals surface area contributed by atoms with Crippen LogP contribution in [-0.2, 0) is 5.41 Å². The molecule has 120 valence electrons. The third-order valence-electron chi connectivity index (χ3n) is 4.44. The Hall–Kier alpha value is -0.560. The van der Waals surface area contributed by atoms with E-state index in [0.29, 0.717) is 11.8 Å². The molecule has 0 radical (unpaired) electrons. The molecule has 0 amide bonds. The molecule has 0 saturated carbocycles. The van der Waals surface area contributed by atoms with Gasteiger partial charge in [0.15, 0.2) is 0 Å². The highest BCUT2D eigenvalue weighted by atomic mass is 35.5. The van der Waals surface area contributed by atoms with Gasteiger partial charge in [-0.2, -0.15) is 0 Å². The Balaban J connectivity index is 3.12. The first-order valence-electron chi connectivity index (χ1n) is 8.40. The van der Waals surface area contributed by atoms with Crippen molar-refractivity contribution in [3.05, 3.63) is 29.6 Å². The second-order valence-corrected chi connectivity index (χ2v) is 7.91. The molecular formula is C19H32ClN. The number of hydrogen-bond donors (Lipinski definition) is 0. The number of rotatable bonds is 8. The second-order valence-electron chi connectivity index (χ2n) is 7.29.